The first-order chi connectivity index (χ1) is 16.0. The van der Waals surface area contributed by atoms with Crippen LogP contribution in [0.1, 0.15) is 18.9 Å². The number of benzene rings is 2. The van der Waals surface area contributed by atoms with Gasteiger partial charge in [-0.15, -0.1) is 5.10 Å². The number of aromatic nitrogens is 3. The van der Waals surface area contributed by atoms with E-state index in [1.165, 1.54) is 28.9 Å². The van der Waals surface area contributed by atoms with Crippen LogP contribution >= 0.6 is 0 Å². The molecule has 0 amide bonds. The van der Waals surface area contributed by atoms with Crippen LogP contribution in [0, 0.1) is 17.5 Å². The van der Waals surface area contributed by atoms with Crippen molar-refractivity contribution in [2.45, 2.75) is 24.9 Å². The van der Waals surface area contributed by atoms with Gasteiger partial charge in [-0.1, -0.05) is 12.1 Å². The summed E-state index contributed by atoms with van der Waals surface area (Å²) in [5, 5.41) is 14.3. The molecule has 0 fully saturated rings. The van der Waals surface area contributed by atoms with Gasteiger partial charge in [0.25, 0.3) is 5.92 Å². The largest absolute Gasteiger partial charge is 0.487 e. The van der Waals surface area contributed by atoms with Crippen molar-refractivity contribution >= 4 is 11.6 Å². The van der Waals surface area contributed by atoms with Gasteiger partial charge < -0.3 is 15.6 Å². The molecule has 1 unspecified atom stereocenters. The van der Waals surface area contributed by atoms with Crippen LogP contribution in [0.2, 0.25) is 0 Å². The zero-order chi connectivity index (χ0) is 24.7. The summed E-state index contributed by atoms with van der Waals surface area (Å²) in [6, 6.07) is 9.04. The summed E-state index contributed by atoms with van der Waals surface area (Å²) in [6.07, 6.45) is 0.418. The molecule has 0 aliphatic heterocycles. The minimum absolute atomic E-state index is 0.0122. The molecule has 0 aliphatic rings. The number of fused-ring (bicyclic) bond motifs is 1. The highest BCUT2D eigenvalue weighted by Gasteiger charge is 2.50. The highest BCUT2D eigenvalue weighted by atomic mass is 19.3. The number of aliphatic hydroxyl groups is 1. The predicted molar refractivity (Wildman–Crippen MR) is 114 cm³/mol. The fourth-order valence-corrected chi connectivity index (χ4v) is 3.46. The zero-order valence-electron chi connectivity index (χ0n) is 17.8. The molecule has 2 heterocycles. The molecule has 0 bridgehead atoms. The molecule has 2 aromatic heterocycles. The van der Waals surface area contributed by atoms with Crippen LogP contribution in [-0.4, -0.2) is 32.2 Å². The molecular formula is C23H19F5N4O2. The number of rotatable bonds is 7. The summed E-state index contributed by atoms with van der Waals surface area (Å²) in [5.74, 6) is -7.40. The molecule has 34 heavy (non-hydrogen) atoms. The molecule has 4 rings (SSSR count). The van der Waals surface area contributed by atoms with Crippen molar-refractivity contribution < 1.29 is 31.8 Å². The number of nitrogen functional groups attached to an aromatic ring is 1. The van der Waals surface area contributed by atoms with Gasteiger partial charge in [0.05, 0.1) is 6.61 Å². The summed E-state index contributed by atoms with van der Waals surface area (Å²) >= 11 is 0. The Balaban J connectivity index is 1.54. The lowest BCUT2D eigenvalue weighted by Gasteiger charge is -2.33. The Hall–Kier alpha value is -3.73. The molecule has 4 aromatic rings. The van der Waals surface area contributed by atoms with E-state index in [4.69, 9.17) is 10.5 Å². The van der Waals surface area contributed by atoms with Gasteiger partial charge in [-0.25, -0.2) is 26.5 Å². The number of hydrogen-bond acceptors (Lipinski definition) is 5. The Morgan fingerprint density at radius 2 is 1.76 bits per heavy atom. The number of hydrogen-bond donors (Lipinski definition) is 2. The van der Waals surface area contributed by atoms with Crippen molar-refractivity contribution in [3.05, 3.63) is 77.7 Å². The number of nitrogens with two attached hydrogens (primary N) is 1. The quantitative estimate of drug-likeness (QED) is 0.376. The van der Waals surface area contributed by atoms with Crippen molar-refractivity contribution in [3.63, 3.8) is 0 Å². The Morgan fingerprint density at radius 1 is 1.06 bits per heavy atom. The minimum Gasteiger partial charge on any atom is -0.487 e. The second-order valence-corrected chi connectivity index (χ2v) is 7.81. The van der Waals surface area contributed by atoms with Crippen molar-refractivity contribution in [1.29, 1.82) is 0 Å². The molecule has 2 aromatic carbocycles. The Bertz CT molecular complexity index is 1340. The predicted octanol–water partition coefficient (Wildman–Crippen LogP) is 4.71. The van der Waals surface area contributed by atoms with Crippen LogP contribution in [0.5, 0.6) is 5.75 Å². The maximum Gasteiger partial charge on any atom is 0.283 e. The topological polar surface area (TPSA) is 85.7 Å². The van der Waals surface area contributed by atoms with Gasteiger partial charge in [0.1, 0.15) is 5.82 Å². The first-order valence-electron chi connectivity index (χ1n) is 10.1. The van der Waals surface area contributed by atoms with Crippen LogP contribution in [0.25, 0.3) is 16.8 Å². The van der Waals surface area contributed by atoms with Crippen LogP contribution in [0.15, 0.2) is 54.7 Å². The maximum absolute atomic E-state index is 15.1. The molecule has 0 aliphatic carbocycles. The molecular weight excluding hydrogens is 459 g/mol. The molecule has 1 atom stereocenters. The smallest absolute Gasteiger partial charge is 0.283 e. The SMILES string of the molecule is CC(O)(c1ccc(F)cc1)C(F)(F)CCOc1c(F)ccc(-c2ccn3nc(N)nc3c2)c1F. The second-order valence-electron chi connectivity index (χ2n) is 7.81. The molecule has 0 saturated carbocycles. The highest BCUT2D eigenvalue weighted by Crippen LogP contribution is 2.40. The van der Waals surface area contributed by atoms with E-state index < -0.39 is 47.8 Å². The highest BCUT2D eigenvalue weighted by molar-refractivity contribution is 5.69. The molecule has 0 spiro atoms. The molecule has 6 nitrogen and oxygen atoms in total. The second kappa shape index (κ2) is 8.56. The van der Waals surface area contributed by atoms with Gasteiger partial charge in [-0.3, -0.25) is 0 Å². The lowest BCUT2D eigenvalue weighted by atomic mass is 9.87. The number of ether oxygens (including phenoxy) is 1. The van der Waals surface area contributed by atoms with Crippen LogP contribution in [0.4, 0.5) is 27.9 Å². The van der Waals surface area contributed by atoms with E-state index >= 15 is 4.39 Å². The first-order valence-corrected chi connectivity index (χ1v) is 10.1. The molecule has 0 radical (unpaired) electrons. The van der Waals surface area contributed by atoms with E-state index in [-0.39, 0.29) is 17.1 Å². The average Bonchev–Trinajstić information content (AvgIpc) is 3.15. The fraction of sp³-hybridized carbons (Fsp3) is 0.217. The van der Waals surface area contributed by atoms with Gasteiger partial charge in [0.15, 0.2) is 28.6 Å². The standard InChI is InChI=1S/C23H19F5N4O2/c1-22(33,14-2-4-15(24)5-3-14)23(27,28)9-11-34-20-17(25)7-6-16(19(20)26)13-8-10-32-18(12-13)30-21(29)31-32/h2-8,10,12,33H,9,11H2,1H3,(H2,29,31). The average molecular weight is 478 g/mol. The summed E-state index contributed by atoms with van der Waals surface area (Å²) in [6.45, 7) is 0.0663. The third-order valence-electron chi connectivity index (χ3n) is 5.49. The van der Waals surface area contributed by atoms with Crippen molar-refractivity contribution in [1.82, 2.24) is 14.6 Å². The van der Waals surface area contributed by atoms with Gasteiger partial charge >= 0.3 is 0 Å². The van der Waals surface area contributed by atoms with E-state index in [1.54, 1.807) is 0 Å². The van der Waals surface area contributed by atoms with Gasteiger partial charge in [-0.2, -0.15) is 4.98 Å². The van der Waals surface area contributed by atoms with E-state index in [9.17, 15) is 22.7 Å². The van der Waals surface area contributed by atoms with Gasteiger partial charge in [-0.05, 0) is 54.4 Å². The molecule has 3 N–H and O–H groups in total. The maximum atomic E-state index is 15.1. The van der Waals surface area contributed by atoms with Crippen LogP contribution < -0.4 is 10.5 Å². The van der Waals surface area contributed by atoms with Crippen molar-refractivity contribution in [3.8, 4) is 16.9 Å². The lowest BCUT2D eigenvalue weighted by Crippen LogP contribution is -2.43. The van der Waals surface area contributed by atoms with Gasteiger partial charge in [0.2, 0.25) is 5.95 Å². The lowest BCUT2D eigenvalue weighted by molar-refractivity contribution is -0.184. The molecule has 11 heteroatoms. The van der Waals surface area contributed by atoms with E-state index in [2.05, 4.69) is 10.1 Å². The number of halogens is 5. The normalized spacial score (nSPS) is 13.7. The fourth-order valence-electron chi connectivity index (χ4n) is 3.46. The van der Waals surface area contributed by atoms with Crippen molar-refractivity contribution in [2.24, 2.45) is 0 Å². The third kappa shape index (κ3) is 4.26. The Kier molecular flexibility index (Phi) is 5.90. The van der Waals surface area contributed by atoms with Crippen molar-refractivity contribution in [2.75, 3.05) is 12.3 Å². The van der Waals surface area contributed by atoms with Crippen LogP contribution in [-0.2, 0) is 5.60 Å². The summed E-state index contributed by atoms with van der Waals surface area (Å²) in [5.41, 5.74) is 3.23. The Labute approximate surface area is 190 Å². The van der Waals surface area contributed by atoms with E-state index in [0.717, 1.165) is 37.3 Å². The Morgan fingerprint density at radius 3 is 2.47 bits per heavy atom. The summed E-state index contributed by atoms with van der Waals surface area (Å²) < 4.78 is 78.4. The van der Waals surface area contributed by atoms with E-state index in [0.29, 0.717) is 11.2 Å². The summed E-state index contributed by atoms with van der Waals surface area (Å²) in [4.78, 5) is 3.97. The number of nitrogens with zero attached hydrogens (tertiary/aromatic N) is 3. The van der Waals surface area contributed by atoms with E-state index in [1.807, 2.05) is 0 Å². The number of alkyl halides is 2. The van der Waals surface area contributed by atoms with Gasteiger partial charge in [0, 0.05) is 18.2 Å². The number of anilines is 1. The molecule has 178 valence electrons. The first kappa shape index (κ1) is 23.4. The molecule has 0 saturated heterocycles. The zero-order valence-corrected chi connectivity index (χ0v) is 17.8. The van der Waals surface area contributed by atoms with Crippen LogP contribution in [0.3, 0.4) is 0 Å². The number of pyridine rings is 1. The summed E-state index contributed by atoms with van der Waals surface area (Å²) in [7, 11) is 0. The monoisotopic (exact) mass is 478 g/mol. The third-order valence-corrected chi connectivity index (χ3v) is 5.49. The minimum atomic E-state index is -3.76.